The molecule has 0 heterocycles. The summed E-state index contributed by atoms with van der Waals surface area (Å²) in [5.41, 5.74) is -0.278. The highest BCUT2D eigenvalue weighted by Gasteiger charge is 2.19. The lowest BCUT2D eigenvalue weighted by Crippen LogP contribution is -2.13. The summed E-state index contributed by atoms with van der Waals surface area (Å²) in [4.78, 5) is 33.8. The van der Waals surface area contributed by atoms with Crippen molar-refractivity contribution in [2.45, 2.75) is 6.92 Å². The van der Waals surface area contributed by atoms with Gasteiger partial charge in [-0.25, -0.2) is 4.79 Å². The van der Waals surface area contributed by atoms with Crippen LogP contribution in [-0.2, 0) is 0 Å². The second-order valence-electron chi connectivity index (χ2n) is 4.83. The summed E-state index contributed by atoms with van der Waals surface area (Å²) >= 11 is 5.77. The number of rotatable bonds is 6. The van der Waals surface area contributed by atoms with Gasteiger partial charge in [-0.3, -0.25) is 14.9 Å². The van der Waals surface area contributed by atoms with E-state index in [2.05, 4.69) is 5.32 Å². The van der Waals surface area contributed by atoms with Crippen molar-refractivity contribution in [3.8, 4) is 5.75 Å². The van der Waals surface area contributed by atoms with Crippen LogP contribution in [0.4, 0.5) is 11.4 Å². The molecule has 0 aliphatic heterocycles. The lowest BCUT2D eigenvalue weighted by atomic mass is 10.1. The third-order valence-electron chi connectivity index (χ3n) is 3.17. The fourth-order valence-electron chi connectivity index (χ4n) is 2.05. The number of benzene rings is 2. The van der Waals surface area contributed by atoms with E-state index in [4.69, 9.17) is 21.4 Å². The summed E-state index contributed by atoms with van der Waals surface area (Å²) in [6, 6.07) is 7.76. The maximum Gasteiger partial charge on any atom is 0.337 e. The van der Waals surface area contributed by atoms with Crippen molar-refractivity contribution in [1.29, 1.82) is 0 Å². The van der Waals surface area contributed by atoms with Crippen molar-refractivity contribution < 1.29 is 24.4 Å². The Morgan fingerprint density at radius 3 is 2.60 bits per heavy atom. The van der Waals surface area contributed by atoms with Gasteiger partial charge < -0.3 is 15.2 Å². The molecule has 9 heteroatoms. The first-order valence-electron chi connectivity index (χ1n) is 7.09. The number of nitro groups is 1. The van der Waals surface area contributed by atoms with Gasteiger partial charge in [-0.15, -0.1) is 0 Å². The molecular weight excluding hydrogens is 352 g/mol. The number of hydrogen-bond donors (Lipinski definition) is 2. The average Bonchev–Trinajstić information content (AvgIpc) is 2.56. The maximum atomic E-state index is 12.3. The lowest BCUT2D eigenvalue weighted by Gasteiger charge is -2.09. The molecule has 2 N–H and O–H groups in total. The van der Waals surface area contributed by atoms with E-state index in [1.807, 2.05) is 0 Å². The number of carboxylic acids is 1. The third-order valence-corrected chi connectivity index (χ3v) is 3.50. The van der Waals surface area contributed by atoms with Gasteiger partial charge in [-0.2, -0.15) is 0 Å². The number of amides is 1. The van der Waals surface area contributed by atoms with Gasteiger partial charge in [-0.05, 0) is 37.3 Å². The zero-order valence-corrected chi connectivity index (χ0v) is 13.7. The van der Waals surface area contributed by atoms with E-state index < -0.39 is 16.8 Å². The van der Waals surface area contributed by atoms with Crippen molar-refractivity contribution in [3.63, 3.8) is 0 Å². The third kappa shape index (κ3) is 4.24. The number of hydrogen-bond acceptors (Lipinski definition) is 5. The molecule has 2 rings (SSSR count). The molecule has 2 aromatic rings. The molecule has 0 radical (unpaired) electrons. The number of anilines is 1. The number of nitrogens with zero attached hydrogens (tertiary/aromatic N) is 1. The van der Waals surface area contributed by atoms with E-state index in [1.165, 1.54) is 30.3 Å². The molecular formula is C16H13ClN2O6. The molecule has 0 spiro atoms. The van der Waals surface area contributed by atoms with E-state index in [-0.39, 0.29) is 39.9 Å². The second kappa shape index (κ2) is 7.63. The van der Waals surface area contributed by atoms with Crippen LogP contribution in [0.15, 0.2) is 36.4 Å². The fourth-order valence-corrected chi connectivity index (χ4v) is 2.25. The standard InChI is InChI=1S/C16H13ClN2O6/c1-2-25-14-6-3-9(7-13(14)19(23)24)15(20)18-10-4-5-12(17)11(8-10)16(21)22/h3-8H,2H2,1H3,(H,18,20)(H,21,22). The quantitative estimate of drug-likeness (QED) is 0.597. The van der Waals surface area contributed by atoms with Gasteiger partial charge in [-0.1, -0.05) is 11.6 Å². The van der Waals surface area contributed by atoms with Crippen LogP contribution in [0.25, 0.3) is 0 Å². The normalized spacial score (nSPS) is 10.2. The van der Waals surface area contributed by atoms with Crippen molar-refractivity contribution in [2.24, 2.45) is 0 Å². The van der Waals surface area contributed by atoms with E-state index in [9.17, 15) is 19.7 Å². The number of aromatic carboxylic acids is 1. The molecule has 130 valence electrons. The van der Waals surface area contributed by atoms with Crippen LogP contribution in [0.3, 0.4) is 0 Å². The van der Waals surface area contributed by atoms with Crippen LogP contribution in [0.1, 0.15) is 27.6 Å². The molecule has 0 saturated heterocycles. The predicted octanol–water partition coefficient (Wildman–Crippen LogP) is 3.60. The first kappa shape index (κ1) is 18.2. The molecule has 0 saturated carbocycles. The van der Waals surface area contributed by atoms with Crippen LogP contribution in [0, 0.1) is 10.1 Å². The van der Waals surface area contributed by atoms with Crippen molar-refractivity contribution >= 4 is 34.9 Å². The SMILES string of the molecule is CCOc1ccc(C(=O)Nc2ccc(Cl)c(C(=O)O)c2)cc1[N+](=O)[O-]. The zero-order valence-electron chi connectivity index (χ0n) is 13.0. The fraction of sp³-hybridized carbons (Fsp3) is 0.125. The number of nitro benzene ring substituents is 1. The lowest BCUT2D eigenvalue weighted by molar-refractivity contribution is -0.385. The number of ether oxygens (including phenoxy) is 1. The summed E-state index contributed by atoms with van der Waals surface area (Å²) in [5.74, 6) is -1.81. The van der Waals surface area contributed by atoms with E-state index >= 15 is 0 Å². The summed E-state index contributed by atoms with van der Waals surface area (Å²) in [7, 11) is 0. The van der Waals surface area contributed by atoms with Gasteiger partial charge in [0.2, 0.25) is 0 Å². The molecule has 25 heavy (non-hydrogen) atoms. The molecule has 0 aliphatic rings. The Hall–Kier alpha value is -3.13. The molecule has 8 nitrogen and oxygen atoms in total. The Morgan fingerprint density at radius 1 is 1.28 bits per heavy atom. The van der Waals surface area contributed by atoms with Crippen molar-refractivity contribution in [1.82, 2.24) is 0 Å². The van der Waals surface area contributed by atoms with Crippen LogP contribution >= 0.6 is 11.6 Å². The number of nitrogens with one attached hydrogen (secondary N) is 1. The molecule has 0 fully saturated rings. The molecule has 0 aliphatic carbocycles. The first-order valence-corrected chi connectivity index (χ1v) is 7.46. The van der Waals surface area contributed by atoms with Crippen LogP contribution < -0.4 is 10.1 Å². The maximum absolute atomic E-state index is 12.3. The molecule has 0 unspecified atom stereocenters. The smallest absolute Gasteiger partial charge is 0.337 e. The van der Waals surface area contributed by atoms with Crippen LogP contribution in [0.2, 0.25) is 5.02 Å². The number of carboxylic acid groups (broad SMARTS) is 1. The highest BCUT2D eigenvalue weighted by Crippen LogP contribution is 2.28. The first-order chi connectivity index (χ1) is 11.8. The topological polar surface area (TPSA) is 119 Å². The van der Waals surface area contributed by atoms with E-state index in [1.54, 1.807) is 6.92 Å². The van der Waals surface area contributed by atoms with Gasteiger partial charge in [0.05, 0.1) is 22.1 Å². The molecule has 0 atom stereocenters. The minimum atomic E-state index is -1.24. The monoisotopic (exact) mass is 364 g/mol. The Bertz CT molecular complexity index is 853. The van der Waals surface area contributed by atoms with Gasteiger partial charge in [0.1, 0.15) is 0 Å². The second-order valence-corrected chi connectivity index (χ2v) is 5.23. The van der Waals surface area contributed by atoms with Crippen molar-refractivity contribution in [3.05, 3.63) is 62.7 Å². The predicted molar refractivity (Wildman–Crippen MR) is 90.6 cm³/mol. The Morgan fingerprint density at radius 2 is 2.00 bits per heavy atom. The number of carbonyl (C=O) groups is 2. The Kier molecular flexibility index (Phi) is 5.56. The highest BCUT2D eigenvalue weighted by molar-refractivity contribution is 6.33. The zero-order chi connectivity index (χ0) is 18.6. The summed E-state index contributed by atoms with van der Waals surface area (Å²) in [6.07, 6.45) is 0. The molecule has 2 aromatic carbocycles. The molecule has 0 bridgehead atoms. The summed E-state index contributed by atoms with van der Waals surface area (Å²) in [6.45, 7) is 1.93. The van der Waals surface area contributed by atoms with E-state index in [0.717, 1.165) is 6.07 Å². The Balaban J connectivity index is 2.29. The average molecular weight is 365 g/mol. The molecule has 1 amide bonds. The summed E-state index contributed by atoms with van der Waals surface area (Å²) in [5, 5.41) is 22.6. The minimum Gasteiger partial charge on any atom is -0.487 e. The Labute approximate surface area is 147 Å². The molecule has 0 aromatic heterocycles. The van der Waals surface area contributed by atoms with Gasteiger partial charge in [0, 0.05) is 17.3 Å². The van der Waals surface area contributed by atoms with Gasteiger partial charge >= 0.3 is 11.7 Å². The number of carbonyl (C=O) groups excluding carboxylic acids is 1. The van der Waals surface area contributed by atoms with Gasteiger partial charge in [0.15, 0.2) is 5.75 Å². The van der Waals surface area contributed by atoms with Crippen molar-refractivity contribution in [2.75, 3.05) is 11.9 Å². The highest BCUT2D eigenvalue weighted by atomic mass is 35.5. The largest absolute Gasteiger partial charge is 0.487 e. The van der Waals surface area contributed by atoms with Crippen LogP contribution in [-0.4, -0.2) is 28.5 Å². The summed E-state index contributed by atoms with van der Waals surface area (Å²) < 4.78 is 5.15. The van der Waals surface area contributed by atoms with E-state index in [0.29, 0.717) is 0 Å². The minimum absolute atomic E-state index is 0.0296. The van der Waals surface area contributed by atoms with Gasteiger partial charge in [0.25, 0.3) is 5.91 Å². The van der Waals surface area contributed by atoms with Crippen LogP contribution in [0.5, 0.6) is 5.75 Å². The number of halogens is 1.